The molecule has 7 heteroatoms. The highest BCUT2D eigenvalue weighted by molar-refractivity contribution is 5.78. The molecule has 0 atom stereocenters. The lowest BCUT2D eigenvalue weighted by Crippen LogP contribution is -2.53. The van der Waals surface area contributed by atoms with E-state index in [9.17, 15) is 9.59 Å². The van der Waals surface area contributed by atoms with Crippen LogP contribution in [0.5, 0.6) is 5.75 Å². The average Bonchev–Trinajstić information content (AvgIpc) is 2.59. The molecule has 1 heterocycles. The fourth-order valence-electron chi connectivity index (χ4n) is 2.75. The number of rotatable bonds is 6. The van der Waals surface area contributed by atoms with Crippen molar-refractivity contribution < 1.29 is 14.3 Å². The van der Waals surface area contributed by atoms with Crippen molar-refractivity contribution in [3.8, 4) is 5.75 Å². The van der Waals surface area contributed by atoms with Crippen molar-refractivity contribution in [2.24, 2.45) is 0 Å². The fourth-order valence-corrected chi connectivity index (χ4v) is 2.75. The molecule has 7 nitrogen and oxygen atoms in total. The Morgan fingerprint density at radius 3 is 2.56 bits per heavy atom. The number of hydrogen-bond donors (Lipinski definition) is 2. The molecule has 138 valence electrons. The van der Waals surface area contributed by atoms with E-state index in [1.54, 1.807) is 12.0 Å². The third kappa shape index (κ3) is 6.26. The third-order valence-electron chi connectivity index (χ3n) is 4.05. The SMILES string of the molecule is COc1cccc(CNC(=O)N2CCN(CC(=O)NC(C)C)CC2)c1. The number of carbonyl (C=O) groups is 2. The lowest BCUT2D eigenvalue weighted by molar-refractivity contribution is -0.123. The highest BCUT2D eigenvalue weighted by Gasteiger charge is 2.22. The van der Waals surface area contributed by atoms with Gasteiger partial charge in [-0.25, -0.2) is 4.79 Å². The van der Waals surface area contributed by atoms with Crippen LogP contribution in [-0.2, 0) is 11.3 Å². The minimum absolute atomic E-state index is 0.0333. The van der Waals surface area contributed by atoms with Crippen LogP contribution in [0.1, 0.15) is 19.4 Å². The van der Waals surface area contributed by atoms with Crippen LogP contribution in [0, 0.1) is 0 Å². The molecule has 1 aliphatic heterocycles. The van der Waals surface area contributed by atoms with Gasteiger partial charge in [-0.15, -0.1) is 0 Å². The Bertz CT molecular complexity index is 583. The van der Waals surface area contributed by atoms with E-state index in [4.69, 9.17) is 4.74 Å². The normalized spacial score (nSPS) is 15.1. The molecule has 1 aromatic rings. The van der Waals surface area contributed by atoms with Crippen molar-refractivity contribution in [2.45, 2.75) is 26.4 Å². The summed E-state index contributed by atoms with van der Waals surface area (Å²) >= 11 is 0. The largest absolute Gasteiger partial charge is 0.497 e. The van der Waals surface area contributed by atoms with Crippen molar-refractivity contribution in [1.82, 2.24) is 20.4 Å². The van der Waals surface area contributed by atoms with E-state index < -0.39 is 0 Å². The maximum Gasteiger partial charge on any atom is 0.317 e. The first-order valence-electron chi connectivity index (χ1n) is 8.65. The summed E-state index contributed by atoms with van der Waals surface area (Å²) < 4.78 is 5.18. The quantitative estimate of drug-likeness (QED) is 0.806. The average molecular weight is 348 g/mol. The molecule has 2 N–H and O–H groups in total. The number of hydrogen-bond acceptors (Lipinski definition) is 4. The number of ether oxygens (including phenoxy) is 1. The number of nitrogens with one attached hydrogen (secondary N) is 2. The second kappa shape index (κ2) is 9.27. The molecule has 0 unspecified atom stereocenters. The van der Waals surface area contributed by atoms with Gasteiger partial charge in [-0.1, -0.05) is 12.1 Å². The second-order valence-electron chi connectivity index (χ2n) is 6.50. The van der Waals surface area contributed by atoms with Crippen LogP contribution in [-0.4, -0.2) is 67.6 Å². The second-order valence-corrected chi connectivity index (χ2v) is 6.50. The summed E-state index contributed by atoms with van der Waals surface area (Å²) in [4.78, 5) is 27.9. The van der Waals surface area contributed by atoms with Gasteiger partial charge in [0.1, 0.15) is 5.75 Å². The Labute approximate surface area is 149 Å². The van der Waals surface area contributed by atoms with Gasteiger partial charge in [0.15, 0.2) is 0 Å². The first-order chi connectivity index (χ1) is 12.0. The van der Waals surface area contributed by atoms with Crippen LogP contribution in [0.15, 0.2) is 24.3 Å². The Morgan fingerprint density at radius 2 is 1.92 bits per heavy atom. The molecule has 2 rings (SSSR count). The minimum atomic E-state index is -0.0749. The van der Waals surface area contributed by atoms with Crippen LogP contribution < -0.4 is 15.4 Å². The molecule has 0 spiro atoms. The van der Waals surface area contributed by atoms with Gasteiger partial charge in [0.2, 0.25) is 5.91 Å². The molecule has 0 aromatic heterocycles. The van der Waals surface area contributed by atoms with Crippen molar-refractivity contribution >= 4 is 11.9 Å². The van der Waals surface area contributed by atoms with Crippen LogP contribution in [0.3, 0.4) is 0 Å². The van der Waals surface area contributed by atoms with Crippen molar-refractivity contribution in [3.63, 3.8) is 0 Å². The van der Waals surface area contributed by atoms with Gasteiger partial charge in [-0.3, -0.25) is 9.69 Å². The fraction of sp³-hybridized carbons (Fsp3) is 0.556. The Morgan fingerprint density at radius 1 is 1.20 bits per heavy atom. The summed E-state index contributed by atoms with van der Waals surface area (Å²) in [5.41, 5.74) is 0.997. The van der Waals surface area contributed by atoms with E-state index in [-0.39, 0.29) is 18.0 Å². The van der Waals surface area contributed by atoms with E-state index in [1.807, 2.05) is 38.1 Å². The summed E-state index contributed by atoms with van der Waals surface area (Å²) in [7, 11) is 1.62. The Hall–Kier alpha value is -2.28. The van der Waals surface area contributed by atoms with E-state index in [2.05, 4.69) is 15.5 Å². The Kier molecular flexibility index (Phi) is 7.06. The molecule has 0 saturated carbocycles. The van der Waals surface area contributed by atoms with Crippen LogP contribution in [0.4, 0.5) is 4.79 Å². The monoisotopic (exact) mass is 348 g/mol. The molecule has 1 fully saturated rings. The molecule has 1 aromatic carbocycles. The summed E-state index contributed by atoms with van der Waals surface area (Å²) in [5, 5.41) is 5.82. The molecule has 1 aliphatic rings. The van der Waals surface area contributed by atoms with Gasteiger partial charge < -0.3 is 20.3 Å². The first kappa shape index (κ1) is 19.1. The number of carbonyl (C=O) groups excluding carboxylic acids is 2. The molecule has 25 heavy (non-hydrogen) atoms. The number of benzene rings is 1. The highest BCUT2D eigenvalue weighted by atomic mass is 16.5. The molecule has 3 amide bonds. The summed E-state index contributed by atoms with van der Waals surface area (Å²) in [6, 6.07) is 7.71. The summed E-state index contributed by atoms with van der Waals surface area (Å²) in [6.07, 6.45) is 0. The number of piperazine rings is 1. The van der Waals surface area contributed by atoms with E-state index in [0.29, 0.717) is 39.3 Å². The van der Waals surface area contributed by atoms with Crippen LogP contribution in [0.25, 0.3) is 0 Å². The van der Waals surface area contributed by atoms with Gasteiger partial charge in [0.05, 0.1) is 13.7 Å². The number of methoxy groups -OCH3 is 1. The van der Waals surface area contributed by atoms with E-state index in [1.165, 1.54) is 0 Å². The lowest BCUT2D eigenvalue weighted by atomic mass is 10.2. The van der Waals surface area contributed by atoms with Gasteiger partial charge in [0, 0.05) is 38.8 Å². The zero-order chi connectivity index (χ0) is 18.2. The first-order valence-corrected chi connectivity index (χ1v) is 8.65. The van der Waals surface area contributed by atoms with Crippen molar-refractivity contribution in [3.05, 3.63) is 29.8 Å². The van der Waals surface area contributed by atoms with E-state index >= 15 is 0 Å². The van der Waals surface area contributed by atoms with Crippen LogP contribution in [0.2, 0.25) is 0 Å². The molecule has 0 aliphatic carbocycles. The zero-order valence-corrected chi connectivity index (χ0v) is 15.2. The predicted molar refractivity (Wildman–Crippen MR) is 96.5 cm³/mol. The van der Waals surface area contributed by atoms with Gasteiger partial charge in [-0.05, 0) is 31.5 Å². The minimum Gasteiger partial charge on any atom is -0.497 e. The van der Waals surface area contributed by atoms with E-state index in [0.717, 1.165) is 11.3 Å². The summed E-state index contributed by atoms with van der Waals surface area (Å²) in [6.45, 7) is 7.41. The van der Waals surface area contributed by atoms with Crippen molar-refractivity contribution in [2.75, 3.05) is 39.8 Å². The molecular formula is C18H28N4O3. The standard InChI is InChI=1S/C18H28N4O3/c1-14(2)20-17(23)13-21-7-9-22(10-8-21)18(24)19-12-15-5-4-6-16(11-15)25-3/h4-6,11,14H,7-10,12-13H2,1-3H3,(H,19,24)(H,20,23). The maximum atomic E-state index is 12.3. The zero-order valence-electron chi connectivity index (χ0n) is 15.2. The molecular weight excluding hydrogens is 320 g/mol. The smallest absolute Gasteiger partial charge is 0.317 e. The van der Waals surface area contributed by atoms with Gasteiger partial charge in [-0.2, -0.15) is 0 Å². The number of nitrogens with zero attached hydrogens (tertiary/aromatic N) is 2. The van der Waals surface area contributed by atoms with Crippen LogP contribution >= 0.6 is 0 Å². The molecule has 1 saturated heterocycles. The topological polar surface area (TPSA) is 73.9 Å². The lowest BCUT2D eigenvalue weighted by Gasteiger charge is -2.34. The Balaban J connectivity index is 1.72. The highest BCUT2D eigenvalue weighted by Crippen LogP contribution is 2.12. The maximum absolute atomic E-state index is 12.3. The van der Waals surface area contributed by atoms with Gasteiger partial charge in [0.25, 0.3) is 0 Å². The number of urea groups is 1. The predicted octanol–water partition coefficient (Wildman–Crippen LogP) is 1.05. The van der Waals surface area contributed by atoms with Crippen molar-refractivity contribution in [1.29, 1.82) is 0 Å². The van der Waals surface area contributed by atoms with Gasteiger partial charge >= 0.3 is 6.03 Å². The molecule has 0 radical (unpaired) electrons. The summed E-state index contributed by atoms with van der Waals surface area (Å²) in [5.74, 6) is 0.811. The molecule has 0 bridgehead atoms. The number of amides is 3. The third-order valence-corrected chi connectivity index (χ3v) is 4.05.